The molecule has 8 heteroatoms. The molecule has 0 spiro atoms. The van der Waals surface area contributed by atoms with Crippen LogP contribution in [0.1, 0.15) is 28.4 Å². The molecule has 2 aromatic heterocycles. The first-order valence-corrected chi connectivity index (χ1v) is 9.07. The van der Waals surface area contributed by atoms with Gasteiger partial charge in [-0.3, -0.25) is 0 Å². The first-order chi connectivity index (χ1) is 13.5. The van der Waals surface area contributed by atoms with Crippen molar-refractivity contribution in [3.63, 3.8) is 0 Å². The van der Waals surface area contributed by atoms with Gasteiger partial charge in [0.1, 0.15) is 17.7 Å². The predicted octanol–water partition coefficient (Wildman–Crippen LogP) is 3.88. The Hall–Kier alpha value is -3.19. The highest BCUT2D eigenvalue weighted by atomic mass is 35.5. The monoisotopic (exact) mass is 397 g/mol. The SMILES string of the molecule is CCn1nnc2cc(C(=O)OCc3cc(=O)oc4cc(C)c(Cl)cc34)ccc21. The van der Waals surface area contributed by atoms with E-state index in [9.17, 15) is 9.59 Å². The molecule has 0 unspecified atom stereocenters. The fourth-order valence-electron chi connectivity index (χ4n) is 3.03. The second-order valence-corrected chi connectivity index (χ2v) is 6.78. The molecule has 0 saturated carbocycles. The number of halogens is 1. The second kappa shape index (κ2) is 7.09. The number of nitrogens with zero attached hydrogens (tertiary/aromatic N) is 3. The molecule has 0 aliphatic heterocycles. The van der Waals surface area contributed by atoms with Gasteiger partial charge in [-0.2, -0.15) is 0 Å². The Balaban J connectivity index is 1.61. The van der Waals surface area contributed by atoms with Gasteiger partial charge >= 0.3 is 11.6 Å². The lowest BCUT2D eigenvalue weighted by molar-refractivity contribution is 0.0474. The largest absolute Gasteiger partial charge is 0.457 e. The van der Waals surface area contributed by atoms with Gasteiger partial charge in [0.05, 0.1) is 11.1 Å². The fraction of sp³-hybridized carbons (Fsp3) is 0.200. The molecule has 142 valence electrons. The van der Waals surface area contributed by atoms with Gasteiger partial charge in [-0.15, -0.1) is 5.10 Å². The molecule has 2 aromatic carbocycles. The average Bonchev–Trinajstić information content (AvgIpc) is 3.09. The van der Waals surface area contributed by atoms with Gasteiger partial charge in [0.2, 0.25) is 0 Å². The average molecular weight is 398 g/mol. The molecule has 2 heterocycles. The first-order valence-electron chi connectivity index (χ1n) is 8.69. The molecule has 0 N–H and O–H groups in total. The van der Waals surface area contributed by atoms with Crippen LogP contribution >= 0.6 is 11.6 Å². The van der Waals surface area contributed by atoms with Crippen LogP contribution in [-0.4, -0.2) is 21.0 Å². The van der Waals surface area contributed by atoms with E-state index in [0.717, 1.165) is 11.1 Å². The Morgan fingerprint density at radius 2 is 2.07 bits per heavy atom. The summed E-state index contributed by atoms with van der Waals surface area (Å²) in [6.07, 6.45) is 0. The summed E-state index contributed by atoms with van der Waals surface area (Å²) >= 11 is 6.19. The molecule has 7 nitrogen and oxygen atoms in total. The van der Waals surface area contributed by atoms with Crippen molar-refractivity contribution in [1.29, 1.82) is 0 Å². The zero-order chi connectivity index (χ0) is 19.8. The molecule has 0 fully saturated rings. The van der Waals surface area contributed by atoms with Crippen molar-refractivity contribution >= 4 is 39.6 Å². The Labute approximate surface area is 164 Å². The molecule has 0 amide bonds. The number of carbonyl (C=O) groups excluding carboxylic acids is 1. The fourth-order valence-corrected chi connectivity index (χ4v) is 3.19. The molecule has 0 radical (unpaired) electrons. The topological polar surface area (TPSA) is 87.2 Å². The molecule has 0 bridgehead atoms. The van der Waals surface area contributed by atoms with Crippen LogP contribution in [0.15, 0.2) is 45.6 Å². The number of aromatic nitrogens is 3. The van der Waals surface area contributed by atoms with Gasteiger partial charge in [-0.25, -0.2) is 14.3 Å². The molecule has 0 saturated heterocycles. The highest BCUT2D eigenvalue weighted by Crippen LogP contribution is 2.26. The number of rotatable bonds is 4. The van der Waals surface area contributed by atoms with Crippen LogP contribution < -0.4 is 5.63 Å². The van der Waals surface area contributed by atoms with Gasteiger partial charge in [0, 0.05) is 28.6 Å². The van der Waals surface area contributed by atoms with Crippen molar-refractivity contribution < 1.29 is 13.9 Å². The molecular formula is C20H16ClN3O4. The maximum atomic E-state index is 12.5. The van der Waals surface area contributed by atoms with E-state index in [4.69, 9.17) is 20.8 Å². The number of aryl methyl sites for hydroxylation is 2. The van der Waals surface area contributed by atoms with Crippen LogP contribution in [0, 0.1) is 6.92 Å². The van der Waals surface area contributed by atoms with E-state index >= 15 is 0 Å². The summed E-state index contributed by atoms with van der Waals surface area (Å²) in [7, 11) is 0. The van der Waals surface area contributed by atoms with E-state index < -0.39 is 11.6 Å². The van der Waals surface area contributed by atoms with E-state index in [1.165, 1.54) is 6.07 Å². The standard InChI is InChI=1S/C20H16ClN3O4/c1-3-24-17-5-4-12(7-16(17)22-23-24)20(26)27-10-13-8-19(25)28-18-6-11(2)15(21)9-14(13)18/h4-9H,3,10H2,1-2H3. The zero-order valence-electron chi connectivity index (χ0n) is 15.2. The van der Waals surface area contributed by atoms with Gasteiger partial charge < -0.3 is 9.15 Å². The van der Waals surface area contributed by atoms with Crippen molar-refractivity contribution in [2.75, 3.05) is 0 Å². The van der Waals surface area contributed by atoms with Gasteiger partial charge in [-0.05, 0) is 49.7 Å². The van der Waals surface area contributed by atoms with Gasteiger partial charge in [-0.1, -0.05) is 16.8 Å². The second-order valence-electron chi connectivity index (χ2n) is 6.37. The van der Waals surface area contributed by atoms with E-state index in [2.05, 4.69) is 10.3 Å². The smallest absolute Gasteiger partial charge is 0.338 e. The van der Waals surface area contributed by atoms with E-state index in [-0.39, 0.29) is 6.61 Å². The van der Waals surface area contributed by atoms with Crippen molar-refractivity contribution in [2.45, 2.75) is 27.0 Å². The van der Waals surface area contributed by atoms with Gasteiger partial charge in [0.25, 0.3) is 0 Å². The van der Waals surface area contributed by atoms with Crippen LogP contribution in [0.25, 0.3) is 22.0 Å². The minimum Gasteiger partial charge on any atom is -0.457 e. The maximum Gasteiger partial charge on any atom is 0.338 e. The summed E-state index contributed by atoms with van der Waals surface area (Å²) in [5.41, 5.74) is 3.02. The number of benzene rings is 2. The third kappa shape index (κ3) is 3.25. The molecule has 4 rings (SSSR count). The van der Waals surface area contributed by atoms with Crippen molar-refractivity contribution in [3.8, 4) is 0 Å². The Morgan fingerprint density at radius 1 is 1.25 bits per heavy atom. The van der Waals surface area contributed by atoms with Crippen LogP contribution in [0.5, 0.6) is 0 Å². The summed E-state index contributed by atoms with van der Waals surface area (Å²) < 4.78 is 12.4. The lowest BCUT2D eigenvalue weighted by Gasteiger charge is -2.09. The minimum atomic E-state index is -0.521. The molecule has 0 aliphatic rings. The normalized spacial score (nSPS) is 11.2. The third-order valence-corrected chi connectivity index (χ3v) is 4.92. The van der Waals surface area contributed by atoms with Crippen molar-refractivity contribution in [2.24, 2.45) is 0 Å². The van der Waals surface area contributed by atoms with Crippen molar-refractivity contribution in [1.82, 2.24) is 15.0 Å². The molecule has 0 atom stereocenters. The number of carbonyl (C=O) groups is 1. The van der Waals surface area contributed by atoms with Gasteiger partial charge in [0.15, 0.2) is 0 Å². The van der Waals surface area contributed by atoms with Crippen LogP contribution in [0.4, 0.5) is 0 Å². The summed E-state index contributed by atoms with van der Waals surface area (Å²) in [5, 5.41) is 9.25. The quantitative estimate of drug-likeness (QED) is 0.383. The molecule has 28 heavy (non-hydrogen) atoms. The van der Waals surface area contributed by atoms with E-state index in [1.807, 2.05) is 13.8 Å². The van der Waals surface area contributed by atoms with E-state index in [1.54, 1.807) is 35.0 Å². The number of esters is 1. The van der Waals surface area contributed by atoms with Crippen LogP contribution in [-0.2, 0) is 17.9 Å². The summed E-state index contributed by atoms with van der Waals surface area (Å²) in [4.78, 5) is 24.3. The lowest BCUT2D eigenvalue weighted by Crippen LogP contribution is -2.08. The minimum absolute atomic E-state index is 0.0833. The molecule has 0 aliphatic carbocycles. The Bertz CT molecular complexity index is 1280. The summed E-state index contributed by atoms with van der Waals surface area (Å²) in [6.45, 7) is 4.39. The number of hydrogen-bond acceptors (Lipinski definition) is 6. The Kier molecular flexibility index (Phi) is 4.60. The number of ether oxygens (including phenoxy) is 1. The van der Waals surface area contributed by atoms with Crippen LogP contribution in [0.2, 0.25) is 5.02 Å². The lowest BCUT2D eigenvalue weighted by atomic mass is 10.1. The van der Waals surface area contributed by atoms with E-state index in [0.29, 0.717) is 39.2 Å². The molecular weight excluding hydrogens is 382 g/mol. The number of fused-ring (bicyclic) bond motifs is 2. The Morgan fingerprint density at radius 3 is 2.86 bits per heavy atom. The predicted molar refractivity (Wildman–Crippen MR) is 105 cm³/mol. The maximum absolute atomic E-state index is 12.5. The number of hydrogen-bond donors (Lipinski definition) is 0. The zero-order valence-corrected chi connectivity index (χ0v) is 16.0. The van der Waals surface area contributed by atoms with Crippen LogP contribution in [0.3, 0.4) is 0 Å². The van der Waals surface area contributed by atoms with Crippen molar-refractivity contribution in [3.05, 3.63) is 68.5 Å². The molecule has 4 aromatic rings. The summed E-state index contributed by atoms with van der Waals surface area (Å²) in [5.74, 6) is -0.521. The summed E-state index contributed by atoms with van der Waals surface area (Å²) in [6, 6.07) is 9.77. The highest BCUT2D eigenvalue weighted by Gasteiger charge is 2.14. The first kappa shape index (κ1) is 18.2. The highest BCUT2D eigenvalue weighted by molar-refractivity contribution is 6.32. The third-order valence-electron chi connectivity index (χ3n) is 4.52.